The van der Waals surface area contributed by atoms with Gasteiger partial charge in [-0.15, -0.1) is 0 Å². The van der Waals surface area contributed by atoms with Crippen molar-refractivity contribution in [1.82, 2.24) is 0 Å². The third-order valence-corrected chi connectivity index (χ3v) is 8.79. The van der Waals surface area contributed by atoms with E-state index in [0.29, 0.717) is 0 Å². The Bertz CT molecular complexity index is 1040. The van der Waals surface area contributed by atoms with E-state index in [9.17, 15) is 0 Å². The molecule has 1 saturated carbocycles. The number of benzene rings is 2. The molecule has 1 heterocycles. The van der Waals surface area contributed by atoms with E-state index in [1.165, 1.54) is 69.7 Å². The lowest BCUT2D eigenvalue weighted by Gasteiger charge is -2.18. The maximum atomic E-state index is 2.49. The van der Waals surface area contributed by atoms with Crippen molar-refractivity contribution in [3.05, 3.63) is 59.3 Å². The molecule has 0 atom stereocenters. The Labute approximate surface area is 171 Å². The molecule has 0 N–H and O–H groups in total. The summed E-state index contributed by atoms with van der Waals surface area (Å²) in [7, 11) is 0.898. The minimum atomic E-state index is -1.32. The average Bonchev–Trinajstić information content (AvgIpc) is 3.17. The predicted octanol–water partition coefficient (Wildman–Crippen LogP) is 6.15. The van der Waals surface area contributed by atoms with Crippen LogP contribution in [0, 0.1) is 13.8 Å². The molecule has 3 aromatic rings. The van der Waals surface area contributed by atoms with E-state index in [1.807, 2.05) is 0 Å². The quantitative estimate of drug-likeness (QED) is 0.374. The number of nitrogens with zero attached hydrogens (tertiary/aromatic N) is 1. The minimum absolute atomic E-state index is 0.749. The molecular formula is C26H34NSi+. The first-order valence-electron chi connectivity index (χ1n) is 10.8. The van der Waals surface area contributed by atoms with Gasteiger partial charge >= 0.3 is 0 Å². The third-order valence-electron chi connectivity index (χ3n) is 6.74. The summed E-state index contributed by atoms with van der Waals surface area (Å²) in [4.78, 5) is 0. The van der Waals surface area contributed by atoms with Gasteiger partial charge in [0.05, 0.1) is 13.5 Å². The van der Waals surface area contributed by atoms with Crippen LogP contribution in [0.3, 0.4) is 0 Å². The minimum Gasteiger partial charge on any atom is -0.198 e. The van der Waals surface area contributed by atoms with Crippen LogP contribution in [-0.4, -0.2) is 8.07 Å². The highest BCUT2D eigenvalue weighted by atomic mass is 28.3. The van der Waals surface area contributed by atoms with Gasteiger partial charge in [-0.2, -0.15) is 4.57 Å². The highest BCUT2D eigenvalue weighted by molar-refractivity contribution is 6.88. The second-order valence-electron chi connectivity index (χ2n) is 9.80. The number of aromatic nitrogens is 1. The highest BCUT2D eigenvalue weighted by Gasteiger charge is 2.24. The zero-order valence-corrected chi connectivity index (χ0v) is 19.4. The molecule has 1 aliphatic rings. The first kappa shape index (κ1) is 19.4. The van der Waals surface area contributed by atoms with Crippen LogP contribution in [0.2, 0.25) is 19.6 Å². The first-order valence-corrected chi connectivity index (χ1v) is 14.3. The molecule has 0 saturated heterocycles. The fraction of sp³-hybridized carbons (Fsp3) is 0.423. The normalized spacial score (nSPS) is 15.5. The molecular weight excluding hydrogens is 354 g/mol. The number of hydrogen-bond acceptors (Lipinski definition) is 0. The van der Waals surface area contributed by atoms with Gasteiger partial charge in [-0.3, -0.25) is 0 Å². The van der Waals surface area contributed by atoms with E-state index in [-0.39, 0.29) is 0 Å². The Morgan fingerprint density at radius 2 is 1.61 bits per heavy atom. The second-order valence-corrected chi connectivity index (χ2v) is 14.9. The van der Waals surface area contributed by atoms with Crippen molar-refractivity contribution < 1.29 is 4.57 Å². The molecule has 0 radical (unpaired) electrons. The summed E-state index contributed by atoms with van der Waals surface area (Å²) in [6, 6.07) is 16.8. The molecule has 28 heavy (non-hydrogen) atoms. The van der Waals surface area contributed by atoms with Crippen LogP contribution in [0.4, 0.5) is 0 Å². The molecule has 1 fully saturated rings. The second kappa shape index (κ2) is 7.15. The highest BCUT2D eigenvalue weighted by Crippen LogP contribution is 2.37. The molecule has 0 aliphatic heterocycles. The molecule has 146 valence electrons. The molecule has 0 amide bonds. The maximum Gasteiger partial charge on any atom is 0.220 e. The Balaban J connectivity index is 1.95. The fourth-order valence-corrected chi connectivity index (χ4v) is 5.95. The molecule has 0 unspecified atom stereocenters. The van der Waals surface area contributed by atoms with Gasteiger partial charge in [-0.1, -0.05) is 61.9 Å². The third kappa shape index (κ3) is 3.43. The van der Waals surface area contributed by atoms with Crippen molar-refractivity contribution in [2.45, 2.75) is 65.1 Å². The number of pyridine rings is 1. The van der Waals surface area contributed by atoms with E-state index in [2.05, 4.69) is 87.6 Å². The average molecular weight is 389 g/mol. The molecule has 1 aliphatic carbocycles. The van der Waals surface area contributed by atoms with Crippen LogP contribution in [0.25, 0.3) is 22.0 Å². The van der Waals surface area contributed by atoms with Crippen LogP contribution in [-0.2, 0) is 7.05 Å². The summed E-state index contributed by atoms with van der Waals surface area (Å²) in [6.45, 7) is 11.8. The van der Waals surface area contributed by atoms with Gasteiger partial charge in [-0.25, -0.2) is 0 Å². The Morgan fingerprint density at radius 1 is 0.893 bits per heavy atom. The smallest absolute Gasteiger partial charge is 0.198 e. The maximum absolute atomic E-state index is 2.49. The molecule has 1 nitrogen and oxygen atoms in total. The van der Waals surface area contributed by atoms with E-state index in [0.717, 1.165) is 5.92 Å². The molecule has 2 heteroatoms. The van der Waals surface area contributed by atoms with Gasteiger partial charge < -0.3 is 0 Å². The fourth-order valence-electron chi connectivity index (χ4n) is 4.78. The first-order chi connectivity index (χ1) is 13.3. The van der Waals surface area contributed by atoms with E-state index in [4.69, 9.17) is 0 Å². The van der Waals surface area contributed by atoms with E-state index in [1.54, 1.807) is 0 Å². The molecule has 0 bridgehead atoms. The van der Waals surface area contributed by atoms with Crippen molar-refractivity contribution in [3.8, 4) is 11.3 Å². The van der Waals surface area contributed by atoms with Crippen LogP contribution in [0.15, 0.2) is 42.5 Å². The number of rotatable bonds is 3. The SMILES string of the molecule is Cc1ccc(C2CCCC2)cc1-c1c2ccc([Si](C)(C)C)cc2cc(C)[n+]1C. The van der Waals surface area contributed by atoms with E-state index < -0.39 is 8.07 Å². The van der Waals surface area contributed by atoms with Crippen LogP contribution in [0.5, 0.6) is 0 Å². The molecule has 1 aromatic heterocycles. The van der Waals surface area contributed by atoms with Gasteiger partial charge in [-0.05, 0) is 54.3 Å². The number of aryl methyl sites for hydroxylation is 2. The van der Waals surface area contributed by atoms with Crippen molar-refractivity contribution in [3.63, 3.8) is 0 Å². The monoisotopic (exact) mass is 388 g/mol. The standard InChI is InChI=1S/C26H34NSi/c1-18-11-12-21(20-9-7-8-10-20)17-25(18)26-24-14-13-23(28(4,5)6)16-22(24)15-19(2)27(26)3/h11-17,20H,7-10H2,1-6H3/q+1. The van der Waals surface area contributed by atoms with Gasteiger partial charge in [0, 0.05) is 18.6 Å². The summed E-state index contributed by atoms with van der Waals surface area (Å²) in [5, 5.41) is 4.30. The molecule has 0 spiro atoms. The summed E-state index contributed by atoms with van der Waals surface area (Å²) in [5.74, 6) is 0.749. The lowest BCUT2D eigenvalue weighted by atomic mass is 9.91. The summed E-state index contributed by atoms with van der Waals surface area (Å²) >= 11 is 0. The summed E-state index contributed by atoms with van der Waals surface area (Å²) < 4.78 is 2.39. The largest absolute Gasteiger partial charge is 0.220 e. The Kier molecular flexibility index (Phi) is 4.95. The Hall–Kier alpha value is -1.93. The van der Waals surface area contributed by atoms with Gasteiger partial charge in [0.25, 0.3) is 0 Å². The molecule has 4 rings (SSSR count). The number of fused-ring (bicyclic) bond motifs is 1. The van der Waals surface area contributed by atoms with Crippen LogP contribution >= 0.6 is 0 Å². The van der Waals surface area contributed by atoms with Crippen LogP contribution in [0.1, 0.15) is 48.4 Å². The molecule has 2 aromatic carbocycles. The topological polar surface area (TPSA) is 3.88 Å². The summed E-state index contributed by atoms with van der Waals surface area (Å²) in [5.41, 5.74) is 7.00. The van der Waals surface area contributed by atoms with Gasteiger partial charge in [0.1, 0.15) is 7.05 Å². The van der Waals surface area contributed by atoms with Crippen molar-refractivity contribution in [1.29, 1.82) is 0 Å². The zero-order valence-electron chi connectivity index (χ0n) is 18.4. The van der Waals surface area contributed by atoms with Crippen LogP contribution < -0.4 is 9.75 Å². The van der Waals surface area contributed by atoms with Crippen molar-refractivity contribution >= 4 is 24.0 Å². The Morgan fingerprint density at radius 3 is 2.29 bits per heavy atom. The number of hydrogen-bond donors (Lipinski definition) is 0. The van der Waals surface area contributed by atoms with E-state index >= 15 is 0 Å². The van der Waals surface area contributed by atoms with Gasteiger partial charge in [0.15, 0.2) is 5.69 Å². The lowest BCUT2D eigenvalue weighted by molar-refractivity contribution is -0.665. The predicted molar refractivity (Wildman–Crippen MR) is 124 cm³/mol. The zero-order chi connectivity index (χ0) is 20.1. The lowest BCUT2D eigenvalue weighted by Crippen LogP contribution is -2.38. The summed E-state index contributed by atoms with van der Waals surface area (Å²) in [6.07, 6.45) is 5.47. The van der Waals surface area contributed by atoms with Gasteiger partial charge in [0.2, 0.25) is 5.69 Å². The van der Waals surface area contributed by atoms with Crippen molar-refractivity contribution in [2.24, 2.45) is 7.05 Å². The van der Waals surface area contributed by atoms with Crippen molar-refractivity contribution in [2.75, 3.05) is 0 Å².